The first-order chi connectivity index (χ1) is 11.5. The zero-order chi connectivity index (χ0) is 17.1. The Bertz CT molecular complexity index is 708. The minimum atomic E-state index is -2.95. The average molecular weight is 337 g/mol. The van der Waals surface area contributed by atoms with Gasteiger partial charge in [-0.25, -0.2) is 14.2 Å². The van der Waals surface area contributed by atoms with Gasteiger partial charge in [-0.2, -0.15) is 8.78 Å². The van der Waals surface area contributed by atoms with Crippen LogP contribution in [0.25, 0.3) is 0 Å². The van der Waals surface area contributed by atoms with Crippen molar-refractivity contribution in [3.05, 3.63) is 54.0 Å². The quantitative estimate of drug-likeness (QED) is 0.923. The average Bonchev–Trinajstić information content (AvgIpc) is 2.50. The lowest BCUT2D eigenvalue weighted by Gasteiger charge is -2.41. The molecule has 0 aliphatic carbocycles. The molecular formula is C16H14F3N3O2. The van der Waals surface area contributed by atoms with Gasteiger partial charge in [0.25, 0.3) is 0 Å². The number of amides is 2. The van der Waals surface area contributed by atoms with Gasteiger partial charge in [0.15, 0.2) is 0 Å². The van der Waals surface area contributed by atoms with Gasteiger partial charge in [-0.15, -0.1) is 0 Å². The van der Waals surface area contributed by atoms with Crippen LogP contribution < -0.4 is 10.1 Å². The molecule has 1 aliphatic heterocycles. The molecule has 1 aromatic carbocycles. The second-order valence-electron chi connectivity index (χ2n) is 5.24. The van der Waals surface area contributed by atoms with Crippen LogP contribution in [0.15, 0.2) is 42.6 Å². The number of pyridine rings is 1. The molecule has 126 valence electrons. The molecule has 0 radical (unpaired) electrons. The van der Waals surface area contributed by atoms with E-state index in [1.807, 2.05) is 0 Å². The molecule has 1 atom stereocenters. The number of hydrogen-bond donors (Lipinski definition) is 1. The number of carbonyl (C=O) groups excluding carboxylic acids is 1. The second kappa shape index (κ2) is 6.77. The van der Waals surface area contributed by atoms with Gasteiger partial charge >= 0.3 is 12.6 Å². The van der Waals surface area contributed by atoms with Crippen molar-refractivity contribution in [2.75, 3.05) is 11.9 Å². The van der Waals surface area contributed by atoms with Gasteiger partial charge in [0, 0.05) is 12.6 Å². The number of halogens is 3. The van der Waals surface area contributed by atoms with Crippen LogP contribution in [0.4, 0.5) is 23.7 Å². The van der Waals surface area contributed by atoms with E-state index in [1.54, 1.807) is 17.0 Å². The third-order valence-electron chi connectivity index (χ3n) is 3.73. The van der Waals surface area contributed by atoms with Crippen LogP contribution >= 0.6 is 0 Å². The predicted octanol–water partition coefficient (Wildman–Crippen LogP) is 3.80. The predicted molar refractivity (Wildman–Crippen MR) is 80.4 cm³/mol. The normalized spacial score (nSPS) is 16.7. The summed E-state index contributed by atoms with van der Waals surface area (Å²) in [7, 11) is 0. The molecule has 8 heteroatoms. The summed E-state index contributed by atoms with van der Waals surface area (Å²) in [6, 6.07) is 8.24. The van der Waals surface area contributed by atoms with Crippen LogP contribution in [0.2, 0.25) is 0 Å². The molecule has 1 saturated heterocycles. The Balaban J connectivity index is 1.61. The van der Waals surface area contributed by atoms with Gasteiger partial charge in [-0.1, -0.05) is 12.1 Å². The van der Waals surface area contributed by atoms with E-state index in [1.165, 1.54) is 30.5 Å². The van der Waals surface area contributed by atoms with E-state index < -0.39 is 6.61 Å². The van der Waals surface area contributed by atoms with Crippen molar-refractivity contribution in [3.8, 4) is 5.88 Å². The number of benzene rings is 1. The van der Waals surface area contributed by atoms with Gasteiger partial charge in [0.2, 0.25) is 5.88 Å². The number of aromatic nitrogens is 1. The first-order valence-electron chi connectivity index (χ1n) is 7.27. The molecule has 24 heavy (non-hydrogen) atoms. The highest BCUT2D eigenvalue weighted by atomic mass is 19.3. The lowest BCUT2D eigenvalue weighted by Crippen LogP contribution is -2.47. The first kappa shape index (κ1) is 16.1. The number of hydrogen-bond acceptors (Lipinski definition) is 3. The summed E-state index contributed by atoms with van der Waals surface area (Å²) >= 11 is 0. The number of nitrogens with one attached hydrogen (secondary N) is 1. The summed E-state index contributed by atoms with van der Waals surface area (Å²) in [5.41, 5.74) is 1.22. The molecule has 1 fully saturated rings. The summed E-state index contributed by atoms with van der Waals surface area (Å²) < 4.78 is 41.2. The number of likely N-dealkylation sites (tertiary alicyclic amines) is 1. The van der Waals surface area contributed by atoms with Crippen molar-refractivity contribution < 1.29 is 22.7 Å². The molecule has 1 unspecified atom stereocenters. The van der Waals surface area contributed by atoms with E-state index in [9.17, 15) is 18.0 Å². The standard InChI is InChI=1S/C16H14F3N3O2/c17-11-3-1-10(2-4-11)13-7-8-22(13)16(23)21-12-5-6-14(20-9-12)24-15(18)19/h1-6,9,13,15H,7-8H2,(H,21,23). The molecule has 1 aromatic heterocycles. The van der Waals surface area contributed by atoms with E-state index in [0.717, 1.165) is 12.0 Å². The first-order valence-corrected chi connectivity index (χ1v) is 7.27. The summed E-state index contributed by atoms with van der Waals surface area (Å²) in [5, 5.41) is 2.64. The number of carbonyl (C=O) groups is 1. The lowest BCUT2D eigenvalue weighted by atomic mass is 9.95. The van der Waals surface area contributed by atoms with E-state index in [2.05, 4.69) is 15.0 Å². The zero-order valence-corrected chi connectivity index (χ0v) is 12.5. The van der Waals surface area contributed by atoms with Crippen LogP contribution in [0, 0.1) is 5.82 Å². The molecule has 1 N–H and O–H groups in total. The lowest BCUT2D eigenvalue weighted by molar-refractivity contribution is -0.0528. The fraction of sp³-hybridized carbons (Fsp3) is 0.250. The SMILES string of the molecule is O=C(Nc1ccc(OC(F)F)nc1)N1CCC1c1ccc(F)cc1. The van der Waals surface area contributed by atoms with Gasteiger partial charge < -0.3 is 15.0 Å². The molecule has 0 saturated carbocycles. The van der Waals surface area contributed by atoms with Crippen molar-refractivity contribution in [3.63, 3.8) is 0 Å². The van der Waals surface area contributed by atoms with Crippen LogP contribution in [0.3, 0.4) is 0 Å². The molecule has 2 heterocycles. The molecule has 1 aliphatic rings. The Morgan fingerprint density at radius 2 is 2.00 bits per heavy atom. The summed E-state index contributed by atoms with van der Waals surface area (Å²) in [5.74, 6) is -0.553. The fourth-order valence-electron chi connectivity index (χ4n) is 2.47. The molecular weight excluding hydrogens is 323 g/mol. The van der Waals surface area contributed by atoms with Gasteiger partial charge in [-0.3, -0.25) is 0 Å². The Labute approximate surface area is 136 Å². The maximum absolute atomic E-state index is 13.0. The summed E-state index contributed by atoms with van der Waals surface area (Å²) in [6.07, 6.45) is 2.03. The van der Waals surface area contributed by atoms with Crippen molar-refractivity contribution >= 4 is 11.7 Å². The minimum Gasteiger partial charge on any atom is -0.417 e. The van der Waals surface area contributed by atoms with Crippen molar-refractivity contribution in [2.24, 2.45) is 0 Å². The highest BCUT2D eigenvalue weighted by molar-refractivity contribution is 5.90. The van der Waals surface area contributed by atoms with E-state index in [0.29, 0.717) is 12.2 Å². The zero-order valence-electron chi connectivity index (χ0n) is 12.5. The Kier molecular flexibility index (Phi) is 4.54. The topological polar surface area (TPSA) is 54.5 Å². The number of ether oxygens (including phenoxy) is 1. The Morgan fingerprint density at radius 3 is 2.54 bits per heavy atom. The Hall–Kier alpha value is -2.77. The summed E-state index contributed by atoms with van der Waals surface area (Å²) in [6.45, 7) is -2.37. The maximum Gasteiger partial charge on any atom is 0.388 e. The molecule has 2 aromatic rings. The largest absolute Gasteiger partial charge is 0.417 e. The van der Waals surface area contributed by atoms with Gasteiger partial charge in [0.1, 0.15) is 5.82 Å². The smallest absolute Gasteiger partial charge is 0.388 e. The minimum absolute atomic E-state index is 0.111. The van der Waals surface area contributed by atoms with Crippen LogP contribution in [0.1, 0.15) is 18.0 Å². The molecule has 0 spiro atoms. The van der Waals surface area contributed by atoms with Crippen LogP contribution in [-0.4, -0.2) is 29.1 Å². The monoisotopic (exact) mass is 337 g/mol. The fourth-order valence-corrected chi connectivity index (χ4v) is 2.47. The third-order valence-corrected chi connectivity index (χ3v) is 3.73. The van der Waals surface area contributed by atoms with Crippen molar-refractivity contribution in [1.82, 2.24) is 9.88 Å². The van der Waals surface area contributed by atoms with Crippen LogP contribution in [-0.2, 0) is 0 Å². The van der Waals surface area contributed by atoms with E-state index in [-0.39, 0.29) is 23.8 Å². The van der Waals surface area contributed by atoms with Crippen molar-refractivity contribution in [2.45, 2.75) is 19.1 Å². The second-order valence-corrected chi connectivity index (χ2v) is 5.24. The number of anilines is 1. The number of rotatable bonds is 4. The molecule has 0 bridgehead atoms. The Morgan fingerprint density at radius 1 is 1.25 bits per heavy atom. The molecule has 2 amide bonds. The summed E-state index contributed by atoms with van der Waals surface area (Å²) in [4.78, 5) is 17.6. The van der Waals surface area contributed by atoms with Gasteiger partial charge in [-0.05, 0) is 30.2 Å². The van der Waals surface area contributed by atoms with E-state index >= 15 is 0 Å². The number of alkyl halides is 2. The molecule has 5 nitrogen and oxygen atoms in total. The van der Waals surface area contributed by atoms with Crippen molar-refractivity contribution in [1.29, 1.82) is 0 Å². The van der Waals surface area contributed by atoms with Crippen LogP contribution in [0.5, 0.6) is 5.88 Å². The third kappa shape index (κ3) is 3.58. The highest BCUT2D eigenvalue weighted by Gasteiger charge is 2.33. The number of urea groups is 1. The van der Waals surface area contributed by atoms with Gasteiger partial charge in [0.05, 0.1) is 17.9 Å². The van der Waals surface area contributed by atoms with E-state index in [4.69, 9.17) is 0 Å². The molecule has 3 rings (SSSR count). The highest BCUT2D eigenvalue weighted by Crippen LogP contribution is 2.33. The number of nitrogens with zero attached hydrogens (tertiary/aromatic N) is 2. The maximum atomic E-state index is 13.0.